The summed E-state index contributed by atoms with van der Waals surface area (Å²) in [4.78, 5) is 14.1. The summed E-state index contributed by atoms with van der Waals surface area (Å²) in [5.41, 5.74) is -0.354. The van der Waals surface area contributed by atoms with Crippen LogP contribution < -0.4 is 0 Å². The highest BCUT2D eigenvalue weighted by Gasteiger charge is 2.27. The van der Waals surface area contributed by atoms with Gasteiger partial charge in [0.2, 0.25) is 0 Å². The number of likely N-dealkylation sites (tertiary alicyclic amines) is 1. The summed E-state index contributed by atoms with van der Waals surface area (Å²) >= 11 is 0. The molecule has 0 aromatic heterocycles. The van der Waals surface area contributed by atoms with Gasteiger partial charge in [0.15, 0.2) is 0 Å². The van der Waals surface area contributed by atoms with Crippen LogP contribution in [0.4, 0.5) is 0 Å². The molecule has 94 valence electrons. The van der Waals surface area contributed by atoms with Crippen LogP contribution in [0.1, 0.15) is 47.5 Å². The fraction of sp³-hybridized carbons (Fsp3) is 0.923. The lowest BCUT2D eigenvalue weighted by molar-refractivity contribution is -0.155. The molecule has 1 aliphatic heterocycles. The van der Waals surface area contributed by atoms with Crippen LogP contribution >= 0.6 is 0 Å². The van der Waals surface area contributed by atoms with Gasteiger partial charge in [-0.05, 0) is 53.5 Å². The molecule has 3 heteroatoms. The third kappa shape index (κ3) is 4.52. The highest BCUT2D eigenvalue weighted by Crippen LogP contribution is 2.22. The van der Waals surface area contributed by atoms with Crippen molar-refractivity contribution in [2.75, 3.05) is 13.1 Å². The van der Waals surface area contributed by atoms with E-state index in [4.69, 9.17) is 4.74 Å². The number of carbonyl (C=O) groups excluding carboxylic acids is 1. The first kappa shape index (κ1) is 13.5. The average Bonchev–Trinajstić information content (AvgIpc) is 2.48. The van der Waals surface area contributed by atoms with Crippen LogP contribution in [0.25, 0.3) is 0 Å². The molecule has 1 rings (SSSR count). The molecule has 0 bridgehead atoms. The van der Waals surface area contributed by atoms with Crippen LogP contribution in [0.3, 0.4) is 0 Å². The summed E-state index contributed by atoms with van der Waals surface area (Å²) in [5, 5.41) is 0. The van der Waals surface area contributed by atoms with E-state index >= 15 is 0 Å². The SMILES string of the molecule is CC(C)N1CCC(CC(=O)OC(C)(C)C)C1. The van der Waals surface area contributed by atoms with E-state index in [2.05, 4.69) is 18.7 Å². The summed E-state index contributed by atoms with van der Waals surface area (Å²) in [5.74, 6) is 0.431. The van der Waals surface area contributed by atoms with E-state index < -0.39 is 0 Å². The normalized spacial score (nSPS) is 22.8. The van der Waals surface area contributed by atoms with Crippen LogP contribution in [-0.2, 0) is 9.53 Å². The minimum atomic E-state index is -0.354. The highest BCUT2D eigenvalue weighted by molar-refractivity contribution is 5.70. The molecule has 16 heavy (non-hydrogen) atoms. The molecule has 0 radical (unpaired) electrons. The van der Waals surface area contributed by atoms with E-state index in [1.165, 1.54) is 0 Å². The number of carbonyl (C=O) groups is 1. The quantitative estimate of drug-likeness (QED) is 0.694. The van der Waals surface area contributed by atoms with Crippen molar-refractivity contribution >= 4 is 5.97 Å². The zero-order valence-corrected chi connectivity index (χ0v) is 11.2. The summed E-state index contributed by atoms with van der Waals surface area (Å²) in [6, 6.07) is 0.587. The first-order valence-electron chi connectivity index (χ1n) is 6.24. The monoisotopic (exact) mass is 227 g/mol. The summed E-state index contributed by atoms with van der Waals surface area (Å²) < 4.78 is 5.34. The lowest BCUT2D eigenvalue weighted by Crippen LogP contribution is -2.29. The average molecular weight is 227 g/mol. The minimum absolute atomic E-state index is 0.0527. The topological polar surface area (TPSA) is 29.5 Å². The van der Waals surface area contributed by atoms with Crippen LogP contribution in [0.5, 0.6) is 0 Å². The van der Waals surface area contributed by atoms with Gasteiger partial charge in [-0.3, -0.25) is 4.79 Å². The van der Waals surface area contributed by atoms with Crippen molar-refractivity contribution in [1.29, 1.82) is 0 Å². The Labute approximate surface area is 99.1 Å². The van der Waals surface area contributed by atoms with E-state index in [-0.39, 0.29) is 11.6 Å². The zero-order chi connectivity index (χ0) is 12.3. The molecule has 1 saturated heterocycles. The van der Waals surface area contributed by atoms with Crippen molar-refractivity contribution in [3.63, 3.8) is 0 Å². The molecule has 0 amide bonds. The van der Waals surface area contributed by atoms with Gasteiger partial charge >= 0.3 is 5.97 Å². The van der Waals surface area contributed by atoms with Crippen LogP contribution in [0, 0.1) is 5.92 Å². The van der Waals surface area contributed by atoms with Crippen molar-refractivity contribution in [3.8, 4) is 0 Å². The van der Waals surface area contributed by atoms with Gasteiger partial charge < -0.3 is 9.64 Å². The van der Waals surface area contributed by atoms with Crippen molar-refractivity contribution in [3.05, 3.63) is 0 Å². The predicted molar refractivity (Wildman–Crippen MR) is 65.3 cm³/mol. The number of hydrogen-bond donors (Lipinski definition) is 0. The molecule has 3 nitrogen and oxygen atoms in total. The molecule has 1 aliphatic rings. The van der Waals surface area contributed by atoms with E-state index in [1.807, 2.05) is 20.8 Å². The van der Waals surface area contributed by atoms with Gasteiger partial charge in [0.05, 0.1) is 0 Å². The Morgan fingerprint density at radius 2 is 2.06 bits per heavy atom. The highest BCUT2D eigenvalue weighted by atomic mass is 16.6. The third-order valence-corrected chi connectivity index (χ3v) is 2.92. The first-order valence-corrected chi connectivity index (χ1v) is 6.24. The standard InChI is InChI=1S/C13H25NO2/c1-10(2)14-7-6-11(9-14)8-12(15)16-13(3,4)5/h10-11H,6-9H2,1-5H3. The fourth-order valence-corrected chi connectivity index (χ4v) is 2.12. The largest absolute Gasteiger partial charge is 0.460 e. The fourth-order valence-electron chi connectivity index (χ4n) is 2.12. The number of rotatable bonds is 3. The summed E-state index contributed by atoms with van der Waals surface area (Å²) in [7, 11) is 0. The second-order valence-corrected chi connectivity index (χ2v) is 6.03. The van der Waals surface area contributed by atoms with E-state index in [1.54, 1.807) is 0 Å². The summed E-state index contributed by atoms with van der Waals surface area (Å²) in [6.45, 7) is 12.3. The van der Waals surface area contributed by atoms with Gasteiger partial charge in [-0.25, -0.2) is 0 Å². The van der Waals surface area contributed by atoms with Gasteiger partial charge in [0.1, 0.15) is 5.60 Å². The Kier molecular flexibility index (Phi) is 4.36. The van der Waals surface area contributed by atoms with E-state index in [0.29, 0.717) is 18.4 Å². The van der Waals surface area contributed by atoms with Gasteiger partial charge in [0, 0.05) is 19.0 Å². The molecular formula is C13H25NO2. The van der Waals surface area contributed by atoms with Gasteiger partial charge in [-0.15, -0.1) is 0 Å². The second kappa shape index (κ2) is 5.17. The Balaban J connectivity index is 2.32. The number of nitrogens with zero attached hydrogens (tertiary/aromatic N) is 1. The molecule has 1 atom stereocenters. The molecule has 0 saturated carbocycles. The van der Waals surface area contributed by atoms with Crippen molar-refractivity contribution in [2.24, 2.45) is 5.92 Å². The maximum atomic E-state index is 11.7. The smallest absolute Gasteiger partial charge is 0.306 e. The first-order chi connectivity index (χ1) is 7.28. The Bertz CT molecular complexity index is 243. The molecule has 0 spiro atoms. The Hall–Kier alpha value is -0.570. The summed E-state index contributed by atoms with van der Waals surface area (Å²) in [6.07, 6.45) is 1.69. The van der Waals surface area contributed by atoms with Crippen molar-refractivity contribution in [2.45, 2.75) is 59.1 Å². The number of ether oxygens (including phenoxy) is 1. The second-order valence-electron chi connectivity index (χ2n) is 6.03. The molecule has 0 N–H and O–H groups in total. The third-order valence-electron chi connectivity index (χ3n) is 2.92. The molecule has 0 aromatic carbocycles. The molecule has 1 fully saturated rings. The van der Waals surface area contributed by atoms with Crippen molar-refractivity contribution < 1.29 is 9.53 Å². The Morgan fingerprint density at radius 3 is 2.50 bits per heavy atom. The number of hydrogen-bond acceptors (Lipinski definition) is 3. The zero-order valence-electron chi connectivity index (χ0n) is 11.2. The van der Waals surface area contributed by atoms with Crippen molar-refractivity contribution in [1.82, 2.24) is 4.90 Å². The van der Waals surface area contributed by atoms with Crippen LogP contribution in [-0.4, -0.2) is 35.6 Å². The lowest BCUT2D eigenvalue weighted by atomic mass is 10.1. The van der Waals surface area contributed by atoms with Crippen LogP contribution in [0.2, 0.25) is 0 Å². The molecule has 0 aromatic rings. The molecule has 1 heterocycles. The van der Waals surface area contributed by atoms with Gasteiger partial charge in [0.25, 0.3) is 0 Å². The maximum absolute atomic E-state index is 11.7. The number of esters is 1. The van der Waals surface area contributed by atoms with E-state index in [0.717, 1.165) is 19.5 Å². The van der Waals surface area contributed by atoms with E-state index in [9.17, 15) is 4.79 Å². The molecule has 0 aliphatic carbocycles. The predicted octanol–water partition coefficient (Wildman–Crippen LogP) is 2.45. The molecular weight excluding hydrogens is 202 g/mol. The Morgan fingerprint density at radius 1 is 1.44 bits per heavy atom. The lowest BCUT2D eigenvalue weighted by Gasteiger charge is -2.22. The minimum Gasteiger partial charge on any atom is -0.460 e. The molecule has 1 unspecified atom stereocenters. The van der Waals surface area contributed by atoms with Gasteiger partial charge in [-0.2, -0.15) is 0 Å². The maximum Gasteiger partial charge on any atom is 0.306 e. The van der Waals surface area contributed by atoms with Gasteiger partial charge in [-0.1, -0.05) is 0 Å². The van der Waals surface area contributed by atoms with Crippen LogP contribution in [0.15, 0.2) is 0 Å².